The fourth-order valence-corrected chi connectivity index (χ4v) is 0.765. The molecule has 0 saturated heterocycles. The highest BCUT2D eigenvalue weighted by Crippen LogP contribution is 2.02. The van der Waals surface area contributed by atoms with Crippen LogP contribution < -0.4 is 11.1 Å². The molecule has 0 rings (SSSR count). The van der Waals surface area contributed by atoms with Crippen LogP contribution in [0.4, 0.5) is 4.79 Å². The third-order valence-electron chi connectivity index (χ3n) is 1.88. The molecule has 5 heteroatoms. The second-order valence-electron chi connectivity index (χ2n) is 3.12. The van der Waals surface area contributed by atoms with Gasteiger partial charge >= 0.3 is 12.0 Å². The van der Waals surface area contributed by atoms with Gasteiger partial charge < -0.3 is 15.8 Å². The van der Waals surface area contributed by atoms with Gasteiger partial charge in [0.25, 0.3) is 0 Å². The molecule has 0 fully saturated rings. The zero-order valence-electron chi connectivity index (χ0n) is 8.71. The van der Waals surface area contributed by atoms with Crippen LogP contribution in [0.5, 0.6) is 0 Å². The first-order valence-corrected chi connectivity index (χ1v) is 4.77. The number of nitrogens with two attached hydrogens (primary N) is 1. The molecule has 0 saturated carbocycles. The molecule has 0 heterocycles. The van der Waals surface area contributed by atoms with Crippen LogP contribution in [0.3, 0.4) is 0 Å². The summed E-state index contributed by atoms with van der Waals surface area (Å²) in [5.41, 5.74) is 4.85. The van der Waals surface area contributed by atoms with Crippen LogP contribution in [0, 0.1) is 5.92 Å². The van der Waals surface area contributed by atoms with Crippen LogP contribution in [0.2, 0.25) is 0 Å². The van der Waals surface area contributed by atoms with Crippen LogP contribution in [0.15, 0.2) is 0 Å². The summed E-state index contributed by atoms with van der Waals surface area (Å²) >= 11 is 0. The highest BCUT2D eigenvalue weighted by Gasteiger charge is 2.10. The lowest BCUT2D eigenvalue weighted by atomic mass is 10.1. The van der Waals surface area contributed by atoms with E-state index in [1.54, 1.807) is 0 Å². The Morgan fingerprint density at radius 1 is 1.50 bits per heavy atom. The summed E-state index contributed by atoms with van der Waals surface area (Å²) in [6, 6.07) is -0.557. The van der Waals surface area contributed by atoms with Crippen LogP contribution in [-0.4, -0.2) is 25.2 Å². The van der Waals surface area contributed by atoms with E-state index < -0.39 is 6.03 Å². The number of hydrogen-bond acceptors (Lipinski definition) is 3. The SMILES string of the molecule is CCC(C)C(=O)OCCCNC(N)=O. The number of carbonyl (C=O) groups is 2. The molecular formula is C9H18N2O3. The molecule has 0 aliphatic rings. The quantitative estimate of drug-likeness (QED) is 0.489. The van der Waals surface area contributed by atoms with Crippen molar-refractivity contribution in [3.63, 3.8) is 0 Å². The lowest BCUT2D eigenvalue weighted by Crippen LogP contribution is -2.30. The van der Waals surface area contributed by atoms with Gasteiger partial charge in [0.2, 0.25) is 0 Å². The fourth-order valence-electron chi connectivity index (χ4n) is 0.765. The first-order chi connectivity index (χ1) is 6.57. The Labute approximate surface area is 84.0 Å². The summed E-state index contributed by atoms with van der Waals surface area (Å²) in [7, 11) is 0. The number of ether oxygens (including phenoxy) is 1. The molecule has 3 N–H and O–H groups in total. The number of rotatable bonds is 6. The van der Waals surface area contributed by atoms with Crippen molar-refractivity contribution in [3.8, 4) is 0 Å². The number of carbonyl (C=O) groups excluding carboxylic acids is 2. The van der Waals surface area contributed by atoms with Crippen molar-refractivity contribution >= 4 is 12.0 Å². The second-order valence-corrected chi connectivity index (χ2v) is 3.12. The van der Waals surface area contributed by atoms with Crippen molar-refractivity contribution in [1.29, 1.82) is 0 Å². The van der Waals surface area contributed by atoms with Gasteiger partial charge in [-0.05, 0) is 12.8 Å². The molecule has 0 aliphatic carbocycles. The molecule has 0 spiro atoms. The lowest BCUT2D eigenvalue weighted by molar-refractivity contribution is -0.148. The highest BCUT2D eigenvalue weighted by molar-refractivity contribution is 5.72. The van der Waals surface area contributed by atoms with E-state index in [4.69, 9.17) is 10.5 Å². The Kier molecular flexibility index (Phi) is 6.53. The smallest absolute Gasteiger partial charge is 0.312 e. The minimum absolute atomic E-state index is 0.0564. The molecule has 0 aromatic heterocycles. The van der Waals surface area contributed by atoms with E-state index in [1.165, 1.54) is 0 Å². The van der Waals surface area contributed by atoms with E-state index in [1.807, 2.05) is 13.8 Å². The molecule has 82 valence electrons. The molecule has 14 heavy (non-hydrogen) atoms. The predicted molar refractivity (Wildman–Crippen MR) is 52.6 cm³/mol. The molecule has 0 aliphatic heterocycles. The topological polar surface area (TPSA) is 81.4 Å². The Morgan fingerprint density at radius 3 is 2.64 bits per heavy atom. The molecule has 0 aromatic carbocycles. The van der Waals surface area contributed by atoms with Gasteiger partial charge in [0, 0.05) is 6.54 Å². The van der Waals surface area contributed by atoms with Gasteiger partial charge in [-0.15, -0.1) is 0 Å². The molecule has 1 unspecified atom stereocenters. The third kappa shape index (κ3) is 6.28. The van der Waals surface area contributed by atoms with Crippen LogP contribution in [0.1, 0.15) is 26.7 Å². The fraction of sp³-hybridized carbons (Fsp3) is 0.778. The summed E-state index contributed by atoms with van der Waals surface area (Å²) in [5.74, 6) is -0.245. The van der Waals surface area contributed by atoms with Gasteiger partial charge in [-0.1, -0.05) is 13.8 Å². The number of nitrogens with one attached hydrogen (secondary N) is 1. The lowest BCUT2D eigenvalue weighted by Gasteiger charge is -2.08. The van der Waals surface area contributed by atoms with Crippen molar-refractivity contribution in [2.24, 2.45) is 11.7 Å². The minimum atomic E-state index is -0.557. The molecule has 5 nitrogen and oxygen atoms in total. The van der Waals surface area contributed by atoms with Crippen molar-refractivity contribution in [1.82, 2.24) is 5.32 Å². The van der Waals surface area contributed by atoms with E-state index in [-0.39, 0.29) is 11.9 Å². The zero-order chi connectivity index (χ0) is 11.0. The second kappa shape index (κ2) is 7.17. The maximum atomic E-state index is 11.1. The average molecular weight is 202 g/mol. The maximum absolute atomic E-state index is 11.1. The minimum Gasteiger partial charge on any atom is -0.465 e. The molecular weight excluding hydrogens is 184 g/mol. The van der Waals surface area contributed by atoms with Crippen molar-refractivity contribution < 1.29 is 14.3 Å². The first-order valence-electron chi connectivity index (χ1n) is 4.77. The molecule has 0 radical (unpaired) electrons. The van der Waals surface area contributed by atoms with E-state index in [0.717, 1.165) is 6.42 Å². The van der Waals surface area contributed by atoms with Gasteiger partial charge in [-0.2, -0.15) is 0 Å². The Bertz CT molecular complexity index is 194. The predicted octanol–water partition coefficient (Wildman–Crippen LogP) is 0.634. The molecule has 1 atom stereocenters. The van der Waals surface area contributed by atoms with Crippen LogP contribution >= 0.6 is 0 Å². The van der Waals surface area contributed by atoms with Gasteiger partial charge in [0.1, 0.15) is 0 Å². The van der Waals surface area contributed by atoms with E-state index in [2.05, 4.69) is 5.32 Å². The Morgan fingerprint density at radius 2 is 2.14 bits per heavy atom. The average Bonchev–Trinajstić information content (AvgIpc) is 2.15. The summed E-state index contributed by atoms with van der Waals surface area (Å²) < 4.78 is 4.95. The summed E-state index contributed by atoms with van der Waals surface area (Å²) in [5, 5.41) is 2.41. The normalized spacial score (nSPS) is 11.9. The van der Waals surface area contributed by atoms with Gasteiger partial charge in [-0.25, -0.2) is 4.79 Å². The van der Waals surface area contributed by atoms with Crippen LogP contribution in [-0.2, 0) is 9.53 Å². The summed E-state index contributed by atoms with van der Waals surface area (Å²) in [6.45, 7) is 4.51. The Balaban J connectivity index is 3.36. The number of urea groups is 1. The summed E-state index contributed by atoms with van der Waals surface area (Å²) in [6.07, 6.45) is 1.36. The number of primary amides is 1. The van der Waals surface area contributed by atoms with E-state index in [9.17, 15) is 9.59 Å². The molecule has 2 amide bonds. The highest BCUT2D eigenvalue weighted by atomic mass is 16.5. The van der Waals surface area contributed by atoms with Crippen molar-refractivity contribution in [2.45, 2.75) is 26.7 Å². The molecule has 0 aromatic rings. The maximum Gasteiger partial charge on any atom is 0.312 e. The van der Waals surface area contributed by atoms with Gasteiger partial charge in [-0.3, -0.25) is 4.79 Å². The zero-order valence-corrected chi connectivity index (χ0v) is 8.71. The molecule has 0 bridgehead atoms. The monoisotopic (exact) mass is 202 g/mol. The van der Waals surface area contributed by atoms with Crippen molar-refractivity contribution in [3.05, 3.63) is 0 Å². The largest absolute Gasteiger partial charge is 0.465 e. The van der Waals surface area contributed by atoms with E-state index in [0.29, 0.717) is 19.6 Å². The van der Waals surface area contributed by atoms with E-state index >= 15 is 0 Å². The third-order valence-corrected chi connectivity index (χ3v) is 1.88. The Hall–Kier alpha value is -1.26. The number of hydrogen-bond donors (Lipinski definition) is 2. The van der Waals surface area contributed by atoms with Crippen molar-refractivity contribution in [2.75, 3.05) is 13.2 Å². The van der Waals surface area contributed by atoms with Gasteiger partial charge in [0.15, 0.2) is 0 Å². The first kappa shape index (κ1) is 12.7. The summed E-state index contributed by atoms with van der Waals surface area (Å²) in [4.78, 5) is 21.4. The van der Waals surface area contributed by atoms with Gasteiger partial charge in [0.05, 0.1) is 12.5 Å². The standard InChI is InChI=1S/C9H18N2O3/c1-3-7(2)8(12)14-6-4-5-11-9(10)13/h7H,3-6H2,1-2H3,(H3,10,11,13). The number of esters is 1. The number of amides is 2. The van der Waals surface area contributed by atoms with Crippen LogP contribution in [0.25, 0.3) is 0 Å².